The molecule has 0 saturated carbocycles. The molecule has 7 nitrogen and oxygen atoms in total. The highest BCUT2D eigenvalue weighted by molar-refractivity contribution is 5.16. The van der Waals surface area contributed by atoms with E-state index >= 15 is 0 Å². The third kappa shape index (κ3) is 6.87. The molecule has 29 heavy (non-hydrogen) atoms. The second-order valence-electron chi connectivity index (χ2n) is 8.13. The summed E-state index contributed by atoms with van der Waals surface area (Å²) in [5.41, 5.74) is 7.21. The van der Waals surface area contributed by atoms with Gasteiger partial charge in [-0.15, -0.1) is 0 Å². The van der Waals surface area contributed by atoms with Crippen LogP contribution in [0.1, 0.15) is 24.8 Å². The lowest BCUT2D eigenvalue weighted by atomic mass is 9.82. The van der Waals surface area contributed by atoms with Crippen LogP contribution in [0.5, 0.6) is 0 Å². The fraction of sp³-hybridized carbons (Fsp3) is 0.545. The van der Waals surface area contributed by atoms with Crippen LogP contribution in [0.15, 0.2) is 55.2 Å². The van der Waals surface area contributed by atoms with Crippen molar-refractivity contribution in [3.05, 3.63) is 70.8 Å². The van der Waals surface area contributed by atoms with Crippen molar-refractivity contribution in [1.29, 1.82) is 0 Å². The number of allylic oxidation sites excluding steroid dienone is 3. The largest absolute Gasteiger partial charge is 0.386 e. The molecule has 0 spiro atoms. The number of rotatable bonds is 11. The third-order valence-corrected chi connectivity index (χ3v) is 5.93. The van der Waals surface area contributed by atoms with Crippen molar-refractivity contribution >= 4 is 0 Å². The van der Waals surface area contributed by atoms with Gasteiger partial charge in [-0.2, -0.15) is 0 Å². The SMILES string of the molecule is NCC(CCCn1ccc(CN2CCC3C=CC=CC3C2)c1)CNC=C[N+](=O)[O-]. The zero-order valence-corrected chi connectivity index (χ0v) is 17.0. The number of aryl methyl sites for hydroxylation is 1. The van der Waals surface area contributed by atoms with Gasteiger partial charge in [-0.25, -0.2) is 0 Å². The molecule has 1 saturated heterocycles. The number of nitro groups is 1. The highest BCUT2D eigenvalue weighted by Gasteiger charge is 2.26. The van der Waals surface area contributed by atoms with Crippen molar-refractivity contribution in [1.82, 2.24) is 14.8 Å². The van der Waals surface area contributed by atoms with Crippen molar-refractivity contribution in [2.45, 2.75) is 32.4 Å². The molecule has 3 rings (SSSR count). The molecule has 1 fully saturated rings. The maximum atomic E-state index is 10.3. The number of nitrogens with two attached hydrogens (primary N) is 1. The summed E-state index contributed by atoms with van der Waals surface area (Å²) in [6.07, 6.45) is 19.1. The Labute approximate surface area is 173 Å². The summed E-state index contributed by atoms with van der Waals surface area (Å²) < 4.78 is 2.26. The Hall–Kier alpha value is -2.38. The van der Waals surface area contributed by atoms with Gasteiger partial charge in [0.1, 0.15) is 0 Å². The zero-order valence-electron chi connectivity index (χ0n) is 17.0. The standard InChI is InChI=1S/C22H33N5O2/c23-14-19(15-24-9-13-27(28)29)4-3-10-25-11-7-20(16-25)17-26-12-8-21-5-1-2-6-22(21)18-26/h1-2,5-7,9,11,13,16,19,21-22,24H,3-4,8,10,12,14-15,17-18,23H2. The van der Waals surface area contributed by atoms with E-state index in [9.17, 15) is 10.1 Å². The minimum Gasteiger partial charge on any atom is -0.386 e. The Kier molecular flexibility index (Phi) is 8.07. The lowest BCUT2D eigenvalue weighted by Gasteiger charge is -2.37. The second-order valence-corrected chi connectivity index (χ2v) is 8.13. The van der Waals surface area contributed by atoms with Crippen LogP contribution in [-0.4, -0.2) is 40.6 Å². The first-order valence-corrected chi connectivity index (χ1v) is 10.6. The summed E-state index contributed by atoms with van der Waals surface area (Å²) in [4.78, 5) is 12.4. The molecular formula is C22H33N5O2. The van der Waals surface area contributed by atoms with Crippen LogP contribution in [0.25, 0.3) is 0 Å². The molecule has 0 bridgehead atoms. The minimum absolute atomic E-state index is 0.320. The van der Waals surface area contributed by atoms with Gasteiger partial charge in [0, 0.05) is 38.6 Å². The first-order valence-electron chi connectivity index (χ1n) is 10.6. The number of nitrogens with zero attached hydrogens (tertiary/aromatic N) is 3. The molecule has 0 radical (unpaired) electrons. The van der Waals surface area contributed by atoms with Crippen molar-refractivity contribution in [3.63, 3.8) is 0 Å². The molecule has 158 valence electrons. The summed E-state index contributed by atoms with van der Waals surface area (Å²) in [6.45, 7) is 5.55. The molecule has 1 aromatic heterocycles. The summed E-state index contributed by atoms with van der Waals surface area (Å²) in [6, 6.07) is 2.23. The van der Waals surface area contributed by atoms with Gasteiger partial charge in [-0.05, 0) is 61.7 Å². The second kappa shape index (κ2) is 11.0. The van der Waals surface area contributed by atoms with Crippen LogP contribution in [0.2, 0.25) is 0 Å². The molecule has 2 heterocycles. The predicted octanol–water partition coefficient (Wildman–Crippen LogP) is 2.74. The van der Waals surface area contributed by atoms with Crippen LogP contribution in [0, 0.1) is 27.9 Å². The van der Waals surface area contributed by atoms with E-state index in [1.54, 1.807) is 0 Å². The van der Waals surface area contributed by atoms with Crippen LogP contribution >= 0.6 is 0 Å². The lowest BCUT2D eigenvalue weighted by molar-refractivity contribution is -0.402. The van der Waals surface area contributed by atoms with E-state index in [0.717, 1.165) is 44.6 Å². The van der Waals surface area contributed by atoms with Crippen molar-refractivity contribution in [3.8, 4) is 0 Å². The predicted molar refractivity (Wildman–Crippen MR) is 116 cm³/mol. The average Bonchev–Trinajstić information content (AvgIpc) is 3.16. The van der Waals surface area contributed by atoms with Crippen molar-refractivity contribution < 1.29 is 4.92 Å². The van der Waals surface area contributed by atoms with Gasteiger partial charge in [0.05, 0.1) is 11.1 Å². The Balaban J connectivity index is 1.37. The van der Waals surface area contributed by atoms with Crippen LogP contribution in [0.4, 0.5) is 0 Å². The normalized spacial score (nSPS) is 22.7. The van der Waals surface area contributed by atoms with Gasteiger partial charge >= 0.3 is 0 Å². The Bertz CT molecular complexity index is 739. The summed E-state index contributed by atoms with van der Waals surface area (Å²) in [5.74, 6) is 1.71. The van der Waals surface area contributed by atoms with Crippen molar-refractivity contribution in [2.24, 2.45) is 23.5 Å². The van der Waals surface area contributed by atoms with E-state index in [-0.39, 0.29) is 0 Å². The van der Waals surface area contributed by atoms with Crippen LogP contribution in [-0.2, 0) is 13.1 Å². The Morgan fingerprint density at radius 3 is 2.97 bits per heavy atom. The summed E-state index contributed by atoms with van der Waals surface area (Å²) >= 11 is 0. The van der Waals surface area contributed by atoms with Crippen molar-refractivity contribution in [2.75, 3.05) is 26.2 Å². The van der Waals surface area contributed by atoms with Gasteiger partial charge in [-0.1, -0.05) is 24.3 Å². The van der Waals surface area contributed by atoms with E-state index < -0.39 is 4.92 Å². The number of hydrogen-bond acceptors (Lipinski definition) is 5. The molecule has 7 heteroatoms. The van der Waals surface area contributed by atoms with Gasteiger partial charge < -0.3 is 15.6 Å². The van der Waals surface area contributed by atoms with E-state index in [0.29, 0.717) is 24.9 Å². The monoisotopic (exact) mass is 399 g/mol. The van der Waals surface area contributed by atoms with Gasteiger partial charge in [-0.3, -0.25) is 15.0 Å². The van der Waals surface area contributed by atoms with Gasteiger partial charge in [0.15, 0.2) is 0 Å². The van der Waals surface area contributed by atoms with Crippen LogP contribution in [0.3, 0.4) is 0 Å². The maximum absolute atomic E-state index is 10.3. The molecule has 3 unspecified atom stereocenters. The molecule has 1 aliphatic carbocycles. The smallest absolute Gasteiger partial charge is 0.249 e. The molecule has 0 amide bonds. The molecule has 2 aliphatic rings. The highest BCUT2D eigenvalue weighted by atomic mass is 16.6. The van der Waals surface area contributed by atoms with E-state index in [4.69, 9.17) is 5.73 Å². The maximum Gasteiger partial charge on any atom is 0.249 e. The molecule has 1 aliphatic heterocycles. The fourth-order valence-corrected chi connectivity index (χ4v) is 4.27. The third-order valence-electron chi connectivity index (χ3n) is 5.93. The quantitative estimate of drug-likeness (QED) is 0.441. The highest BCUT2D eigenvalue weighted by Crippen LogP contribution is 2.29. The zero-order chi connectivity index (χ0) is 20.5. The first kappa shape index (κ1) is 21.3. The minimum atomic E-state index is -0.473. The Morgan fingerprint density at radius 1 is 1.34 bits per heavy atom. The number of hydrogen-bond donors (Lipinski definition) is 2. The Morgan fingerprint density at radius 2 is 2.17 bits per heavy atom. The van der Waals surface area contributed by atoms with E-state index in [1.165, 1.54) is 24.7 Å². The van der Waals surface area contributed by atoms with Gasteiger partial charge in [0.25, 0.3) is 0 Å². The average molecular weight is 400 g/mol. The summed E-state index contributed by atoms with van der Waals surface area (Å²) in [5, 5.41) is 13.2. The molecule has 1 aromatic rings. The van der Waals surface area contributed by atoms with E-state index in [1.807, 2.05) is 0 Å². The molecule has 3 N–H and O–H groups in total. The number of fused-ring (bicyclic) bond motifs is 1. The lowest BCUT2D eigenvalue weighted by Crippen LogP contribution is -2.39. The topological polar surface area (TPSA) is 89.4 Å². The number of piperidine rings is 1. The number of nitrogens with one attached hydrogen (secondary N) is 1. The van der Waals surface area contributed by atoms with Gasteiger partial charge in [0.2, 0.25) is 6.20 Å². The first-order chi connectivity index (χ1) is 14.1. The summed E-state index contributed by atoms with van der Waals surface area (Å²) in [7, 11) is 0. The van der Waals surface area contributed by atoms with Crippen LogP contribution < -0.4 is 11.1 Å². The molecular weight excluding hydrogens is 366 g/mol. The molecule has 0 aromatic carbocycles. The fourth-order valence-electron chi connectivity index (χ4n) is 4.27. The van der Waals surface area contributed by atoms with E-state index in [2.05, 4.69) is 57.5 Å². The number of aromatic nitrogens is 1. The molecule has 3 atom stereocenters. The number of likely N-dealkylation sites (tertiary alicyclic amines) is 1.